The third kappa shape index (κ3) is 1.79. The molecule has 30 heavy (non-hydrogen) atoms. The number of fused-ring (bicyclic) bond motifs is 12. The van der Waals surface area contributed by atoms with Gasteiger partial charge < -0.3 is 4.42 Å². The molecule has 0 saturated heterocycles. The van der Waals surface area contributed by atoms with E-state index in [4.69, 9.17) is 4.42 Å². The lowest BCUT2D eigenvalue weighted by atomic mass is 9.97. The van der Waals surface area contributed by atoms with Crippen LogP contribution in [0.4, 0.5) is 0 Å². The molecule has 0 saturated carbocycles. The molecule has 0 bridgehead atoms. The largest absolute Gasteiger partial charge is 0.456 e. The van der Waals surface area contributed by atoms with Gasteiger partial charge in [-0.25, -0.2) is 4.57 Å². The van der Waals surface area contributed by atoms with E-state index in [2.05, 4.69) is 95.7 Å². The molecule has 0 atom stereocenters. The Hall–Kier alpha value is -3.85. The molecule has 7 aromatic rings. The van der Waals surface area contributed by atoms with Crippen LogP contribution in [0, 0.1) is 6.92 Å². The van der Waals surface area contributed by atoms with E-state index in [1.165, 1.54) is 54.7 Å². The number of para-hydroxylation sites is 4. The molecule has 0 unspecified atom stereocenters. The number of nitrogens with zero attached hydrogens (tertiary/aromatic N) is 2. The van der Waals surface area contributed by atoms with Crippen LogP contribution >= 0.6 is 0 Å². The summed E-state index contributed by atoms with van der Waals surface area (Å²) in [7, 11) is 2.17. The Morgan fingerprint density at radius 3 is 2.27 bits per heavy atom. The molecule has 0 amide bonds. The number of rotatable bonds is 0. The van der Waals surface area contributed by atoms with Gasteiger partial charge in [0.1, 0.15) is 16.7 Å². The molecule has 3 aromatic heterocycles. The van der Waals surface area contributed by atoms with Crippen molar-refractivity contribution in [1.82, 2.24) is 4.40 Å². The smallest absolute Gasteiger partial charge is 0.295 e. The minimum Gasteiger partial charge on any atom is -0.456 e. The molecule has 7 rings (SSSR count). The highest BCUT2D eigenvalue weighted by atomic mass is 16.3. The summed E-state index contributed by atoms with van der Waals surface area (Å²) >= 11 is 0. The fourth-order valence-corrected chi connectivity index (χ4v) is 5.29. The van der Waals surface area contributed by atoms with Crippen molar-refractivity contribution in [2.45, 2.75) is 6.92 Å². The summed E-state index contributed by atoms with van der Waals surface area (Å²) in [4.78, 5) is 0. The van der Waals surface area contributed by atoms with E-state index in [1.54, 1.807) is 0 Å². The third-order valence-electron chi connectivity index (χ3n) is 6.52. The van der Waals surface area contributed by atoms with Gasteiger partial charge in [0.05, 0.1) is 12.4 Å². The highest BCUT2D eigenvalue weighted by Crippen LogP contribution is 2.41. The summed E-state index contributed by atoms with van der Waals surface area (Å²) < 4.78 is 11.0. The van der Waals surface area contributed by atoms with Gasteiger partial charge in [0.15, 0.2) is 11.0 Å². The molecule has 3 heterocycles. The lowest BCUT2D eigenvalue weighted by Crippen LogP contribution is -2.27. The van der Waals surface area contributed by atoms with Crippen molar-refractivity contribution in [3.8, 4) is 0 Å². The Kier molecular flexibility index (Phi) is 2.88. The average molecular weight is 387 g/mol. The zero-order valence-electron chi connectivity index (χ0n) is 16.8. The van der Waals surface area contributed by atoms with Crippen LogP contribution in [0.3, 0.4) is 0 Å². The Morgan fingerprint density at radius 1 is 0.700 bits per heavy atom. The van der Waals surface area contributed by atoms with E-state index < -0.39 is 0 Å². The Morgan fingerprint density at radius 2 is 1.40 bits per heavy atom. The first-order valence-corrected chi connectivity index (χ1v) is 10.3. The molecular formula is C27H19N2O+. The molecule has 0 aliphatic rings. The minimum atomic E-state index is 0.938. The normalized spacial score (nSPS) is 12.3. The lowest BCUT2D eigenvalue weighted by molar-refractivity contribution is -0.617. The topological polar surface area (TPSA) is 21.4 Å². The summed E-state index contributed by atoms with van der Waals surface area (Å²) in [5.74, 6) is 0. The van der Waals surface area contributed by atoms with Crippen molar-refractivity contribution in [1.29, 1.82) is 0 Å². The van der Waals surface area contributed by atoms with E-state index >= 15 is 0 Å². The monoisotopic (exact) mass is 387 g/mol. The highest BCUT2D eigenvalue weighted by Gasteiger charge is 2.26. The van der Waals surface area contributed by atoms with Crippen molar-refractivity contribution in [3.63, 3.8) is 0 Å². The number of aryl methyl sites for hydroxylation is 2. The van der Waals surface area contributed by atoms with Crippen molar-refractivity contribution >= 4 is 60.3 Å². The second-order valence-corrected chi connectivity index (χ2v) is 8.14. The van der Waals surface area contributed by atoms with E-state index in [-0.39, 0.29) is 0 Å². The van der Waals surface area contributed by atoms with Crippen LogP contribution in [0.5, 0.6) is 0 Å². The van der Waals surface area contributed by atoms with Gasteiger partial charge in [0.25, 0.3) is 5.65 Å². The second kappa shape index (κ2) is 5.39. The van der Waals surface area contributed by atoms with Crippen LogP contribution < -0.4 is 4.57 Å². The lowest BCUT2D eigenvalue weighted by Gasteiger charge is -2.08. The maximum Gasteiger partial charge on any atom is 0.295 e. The van der Waals surface area contributed by atoms with E-state index in [9.17, 15) is 0 Å². The quantitative estimate of drug-likeness (QED) is 0.217. The standard InChI is InChI=1S/C27H19N2O/c1-16-15-23-25(18-10-4-8-14-22(18)30-23)26-17-9-3-5-11-19(17)29-21-13-7-6-12-20(21)28(2)27(29)24(16)26/h3-15H,1-2H3/q+1. The van der Waals surface area contributed by atoms with Gasteiger partial charge in [-0.2, -0.15) is 4.40 Å². The summed E-state index contributed by atoms with van der Waals surface area (Å²) in [5.41, 5.74) is 8.01. The molecular weight excluding hydrogens is 368 g/mol. The maximum absolute atomic E-state index is 6.28. The van der Waals surface area contributed by atoms with Crippen LogP contribution in [-0.2, 0) is 7.05 Å². The molecule has 0 fully saturated rings. The number of aromatic nitrogens is 2. The summed E-state index contributed by atoms with van der Waals surface area (Å²) in [6.45, 7) is 2.20. The second-order valence-electron chi connectivity index (χ2n) is 8.14. The zero-order valence-corrected chi connectivity index (χ0v) is 16.8. The Balaban J connectivity index is 1.95. The van der Waals surface area contributed by atoms with Gasteiger partial charge in [-0.3, -0.25) is 0 Å². The van der Waals surface area contributed by atoms with Gasteiger partial charge in [0.2, 0.25) is 0 Å². The number of pyridine rings is 1. The van der Waals surface area contributed by atoms with Crippen molar-refractivity contribution in [2.75, 3.05) is 0 Å². The average Bonchev–Trinajstić information content (AvgIpc) is 3.29. The molecule has 142 valence electrons. The molecule has 0 radical (unpaired) electrons. The molecule has 3 heteroatoms. The van der Waals surface area contributed by atoms with Crippen LogP contribution in [0.15, 0.2) is 83.3 Å². The van der Waals surface area contributed by atoms with E-state index in [0.29, 0.717) is 0 Å². The number of hydrogen-bond donors (Lipinski definition) is 0. The predicted octanol–water partition coefficient (Wildman–Crippen LogP) is 6.43. The summed E-state index contributed by atoms with van der Waals surface area (Å²) in [6, 6.07) is 27.9. The predicted molar refractivity (Wildman–Crippen MR) is 123 cm³/mol. The third-order valence-corrected chi connectivity index (χ3v) is 6.52. The van der Waals surface area contributed by atoms with E-state index in [0.717, 1.165) is 11.2 Å². The molecule has 0 aliphatic heterocycles. The molecule has 4 aromatic carbocycles. The minimum absolute atomic E-state index is 0.938. The van der Waals surface area contributed by atoms with Crippen LogP contribution in [0.2, 0.25) is 0 Å². The van der Waals surface area contributed by atoms with Gasteiger partial charge in [-0.15, -0.1) is 0 Å². The van der Waals surface area contributed by atoms with Gasteiger partial charge in [-0.05, 0) is 42.8 Å². The van der Waals surface area contributed by atoms with Gasteiger partial charge in [0, 0.05) is 21.5 Å². The summed E-state index contributed by atoms with van der Waals surface area (Å²) in [5, 5.41) is 6.19. The van der Waals surface area contributed by atoms with Crippen LogP contribution in [0.1, 0.15) is 5.56 Å². The Bertz CT molecular complexity index is 1820. The highest BCUT2D eigenvalue weighted by molar-refractivity contribution is 6.29. The van der Waals surface area contributed by atoms with Crippen molar-refractivity contribution in [3.05, 3.63) is 84.4 Å². The number of benzene rings is 4. The molecule has 3 nitrogen and oxygen atoms in total. The van der Waals surface area contributed by atoms with Crippen LogP contribution in [0.25, 0.3) is 60.3 Å². The zero-order chi connectivity index (χ0) is 20.0. The fraction of sp³-hybridized carbons (Fsp3) is 0.0741. The SMILES string of the molecule is Cc1cc2oc3ccccc3c2c2c3ccccc3n3c4ccccc4[n+](C)c3c12. The number of furan rings is 1. The molecule has 0 aliphatic carbocycles. The van der Waals surface area contributed by atoms with E-state index in [1.807, 2.05) is 6.07 Å². The van der Waals surface area contributed by atoms with Gasteiger partial charge >= 0.3 is 0 Å². The van der Waals surface area contributed by atoms with Crippen molar-refractivity contribution in [2.24, 2.45) is 7.05 Å². The number of imidazole rings is 1. The molecule has 0 N–H and O–H groups in total. The maximum atomic E-state index is 6.28. The fourth-order valence-electron chi connectivity index (χ4n) is 5.29. The Labute approximate surface area is 172 Å². The van der Waals surface area contributed by atoms with Gasteiger partial charge in [-0.1, -0.05) is 48.5 Å². The first-order chi connectivity index (χ1) is 14.7. The first-order valence-electron chi connectivity index (χ1n) is 10.3. The summed E-state index contributed by atoms with van der Waals surface area (Å²) in [6.07, 6.45) is 0. The first kappa shape index (κ1) is 16.0. The van der Waals surface area contributed by atoms with Crippen molar-refractivity contribution < 1.29 is 8.98 Å². The van der Waals surface area contributed by atoms with Crippen LogP contribution in [-0.4, -0.2) is 4.40 Å². The number of hydrogen-bond acceptors (Lipinski definition) is 1. The molecule has 0 spiro atoms.